The summed E-state index contributed by atoms with van der Waals surface area (Å²) in [5.74, 6) is 0.0334. The molecule has 5 heteroatoms. The quantitative estimate of drug-likeness (QED) is 0.821. The molecule has 1 atom stereocenters. The summed E-state index contributed by atoms with van der Waals surface area (Å²) in [5, 5.41) is 2.93. The molecule has 0 aromatic heterocycles. The molecular formula is C13H24N2O3. The summed E-state index contributed by atoms with van der Waals surface area (Å²) in [6.45, 7) is 8.62. The summed E-state index contributed by atoms with van der Waals surface area (Å²) in [5.41, 5.74) is -0.476. The van der Waals surface area contributed by atoms with Crippen LogP contribution in [0.3, 0.4) is 0 Å². The van der Waals surface area contributed by atoms with E-state index in [0.29, 0.717) is 19.5 Å². The second kappa shape index (κ2) is 6.07. The number of rotatable bonds is 2. The van der Waals surface area contributed by atoms with Crippen molar-refractivity contribution in [2.45, 2.75) is 58.6 Å². The number of hydrogen-bond donors (Lipinski definition) is 1. The third-order valence-corrected chi connectivity index (χ3v) is 2.76. The van der Waals surface area contributed by atoms with Gasteiger partial charge < -0.3 is 15.0 Å². The van der Waals surface area contributed by atoms with Gasteiger partial charge >= 0.3 is 6.09 Å². The van der Waals surface area contributed by atoms with E-state index in [2.05, 4.69) is 5.32 Å². The van der Waals surface area contributed by atoms with Crippen molar-refractivity contribution in [2.24, 2.45) is 0 Å². The average Bonchev–Trinajstić information content (AvgIpc) is 2.27. The van der Waals surface area contributed by atoms with Gasteiger partial charge in [0.1, 0.15) is 5.60 Å². The molecule has 0 unspecified atom stereocenters. The van der Waals surface area contributed by atoms with Crippen LogP contribution in [0.5, 0.6) is 0 Å². The standard InChI is InChI=1S/C13H24N2O3/c1-5-11(16)14-10-7-6-8-15(9-10)12(17)18-13(2,3)4/h10H,5-9H2,1-4H3,(H,14,16)/t10-/m1/s1. The zero-order chi connectivity index (χ0) is 13.8. The van der Waals surface area contributed by atoms with Crippen LogP contribution in [0.1, 0.15) is 47.0 Å². The van der Waals surface area contributed by atoms with Crippen LogP contribution in [0.2, 0.25) is 0 Å². The van der Waals surface area contributed by atoms with Crippen molar-refractivity contribution in [3.8, 4) is 0 Å². The Labute approximate surface area is 109 Å². The Morgan fingerprint density at radius 3 is 2.61 bits per heavy atom. The molecule has 104 valence electrons. The number of nitrogens with zero attached hydrogens (tertiary/aromatic N) is 1. The van der Waals surface area contributed by atoms with Gasteiger partial charge in [0, 0.05) is 25.6 Å². The molecule has 1 rings (SSSR count). The number of nitrogens with one attached hydrogen (secondary N) is 1. The highest BCUT2D eigenvalue weighted by atomic mass is 16.6. The molecule has 18 heavy (non-hydrogen) atoms. The molecule has 0 spiro atoms. The number of piperidine rings is 1. The van der Waals surface area contributed by atoms with Gasteiger partial charge in [0.2, 0.25) is 5.91 Å². The molecule has 1 N–H and O–H groups in total. The minimum absolute atomic E-state index is 0.0334. The highest BCUT2D eigenvalue weighted by Gasteiger charge is 2.27. The van der Waals surface area contributed by atoms with Gasteiger partial charge in [0.05, 0.1) is 0 Å². The van der Waals surface area contributed by atoms with Crippen LogP contribution in [0.4, 0.5) is 4.79 Å². The van der Waals surface area contributed by atoms with Crippen LogP contribution in [0.25, 0.3) is 0 Å². The second-order valence-corrected chi connectivity index (χ2v) is 5.69. The molecule has 0 aromatic rings. The molecule has 1 fully saturated rings. The maximum atomic E-state index is 11.9. The SMILES string of the molecule is CCC(=O)N[C@@H]1CCCN(C(=O)OC(C)(C)C)C1. The lowest BCUT2D eigenvalue weighted by atomic mass is 10.1. The fourth-order valence-corrected chi connectivity index (χ4v) is 1.92. The topological polar surface area (TPSA) is 58.6 Å². The lowest BCUT2D eigenvalue weighted by Crippen LogP contribution is -2.50. The van der Waals surface area contributed by atoms with E-state index in [1.807, 2.05) is 27.7 Å². The Morgan fingerprint density at radius 2 is 2.06 bits per heavy atom. The monoisotopic (exact) mass is 256 g/mol. The molecule has 1 saturated heterocycles. The zero-order valence-corrected chi connectivity index (χ0v) is 11.8. The smallest absolute Gasteiger partial charge is 0.410 e. The average molecular weight is 256 g/mol. The van der Waals surface area contributed by atoms with Gasteiger partial charge in [0.25, 0.3) is 0 Å². The molecule has 1 aliphatic rings. The first-order valence-electron chi connectivity index (χ1n) is 6.59. The van der Waals surface area contributed by atoms with Crippen LogP contribution >= 0.6 is 0 Å². The fourth-order valence-electron chi connectivity index (χ4n) is 1.92. The van der Waals surface area contributed by atoms with Crippen molar-refractivity contribution < 1.29 is 14.3 Å². The Hall–Kier alpha value is -1.26. The van der Waals surface area contributed by atoms with E-state index in [1.165, 1.54) is 0 Å². The molecule has 1 heterocycles. The van der Waals surface area contributed by atoms with Gasteiger partial charge in [-0.3, -0.25) is 4.79 Å². The van der Waals surface area contributed by atoms with E-state index in [1.54, 1.807) is 4.90 Å². The van der Waals surface area contributed by atoms with Gasteiger partial charge in [0.15, 0.2) is 0 Å². The lowest BCUT2D eigenvalue weighted by Gasteiger charge is -2.34. The number of carbonyl (C=O) groups excluding carboxylic acids is 2. The molecule has 2 amide bonds. The van der Waals surface area contributed by atoms with Gasteiger partial charge in [-0.2, -0.15) is 0 Å². The first-order chi connectivity index (χ1) is 8.31. The van der Waals surface area contributed by atoms with Crippen LogP contribution in [-0.2, 0) is 9.53 Å². The summed E-state index contributed by atoms with van der Waals surface area (Å²) < 4.78 is 5.33. The van der Waals surface area contributed by atoms with E-state index in [4.69, 9.17) is 4.74 Å². The fraction of sp³-hybridized carbons (Fsp3) is 0.846. The Balaban J connectivity index is 2.48. The van der Waals surface area contributed by atoms with E-state index in [-0.39, 0.29) is 18.0 Å². The van der Waals surface area contributed by atoms with Crippen LogP contribution in [0.15, 0.2) is 0 Å². The van der Waals surface area contributed by atoms with E-state index in [9.17, 15) is 9.59 Å². The van der Waals surface area contributed by atoms with Gasteiger partial charge in [-0.1, -0.05) is 6.92 Å². The number of hydrogen-bond acceptors (Lipinski definition) is 3. The predicted octanol–water partition coefficient (Wildman–Crippen LogP) is 1.91. The molecule has 5 nitrogen and oxygen atoms in total. The van der Waals surface area contributed by atoms with Gasteiger partial charge in [-0.25, -0.2) is 4.79 Å². The second-order valence-electron chi connectivity index (χ2n) is 5.69. The summed E-state index contributed by atoms with van der Waals surface area (Å²) in [6, 6.07) is 0.0544. The molecule has 0 radical (unpaired) electrons. The van der Waals surface area contributed by atoms with E-state index < -0.39 is 5.60 Å². The first-order valence-corrected chi connectivity index (χ1v) is 6.59. The predicted molar refractivity (Wildman–Crippen MR) is 69.3 cm³/mol. The maximum absolute atomic E-state index is 11.9. The molecule has 0 aliphatic carbocycles. The Morgan fingerprint density at radius 1 is 1.39 bits per heavy atom. The third kappa shape index (κ3) is 4.94. The third-order valence-electron chi connectivity index (χ3n) is 2.76. The van der Waals surface area contributed by atoms with Crippen molar-refractivity contribution in [2.75, 3.05) is 13.1 Å². The molecule has 0 bridgehead atoms. The van der Waals surface area contributed by atoms with Crippen molar-refractivity contribution in [3.05, 3.63) is 0 Å². The molecular weight excluding hydrogens is 232 g/mol. The van der Waals surface area contributed by atoms with Crippen molar-refractivity contribution in [1.29, 1.82) is 0 Å². The number of amides is 2. The Kier molecular flexibility index (Phi) is 4.99. The highest BCUT2D eigenvalue weighted by Crippen LogP contribution is 2.15. The summed E-state index contributed by atoms with van der Waals surface area (Å²) >= 11 is 0. The molecule has 1 aliphatic heterocycles. The van der Waals surface area contributed by atoms with Crippen LogP contribution < -0.4 is 5.32 Å². The molecule has 0 saturated carbocycles. The van der Waals surface area contributed by atoms with Crippen LogP contribution in [-0.4, -0.2) is 41.6 Å². The summed E-state index contributed by atoms with van der Waals surface area (Å²) in [6.07, 6.45) is 2.00. The molecule has 0 aromatic carbocycles. The zero-order valence-electron chi connectivity index (χ0n) is 11.8. The minimum Gasteiger partial charge on any atom is -0.444 e. The lowest BCUT2D eigenvalue weighted by molar-refractivity contribution is -0.121. The first kappa shape index (κ1) is 14.8. The number of likely N-dealkylation sites (tertiary alicyclic amines) is 1. The van der Waals surface area contributed by atoms with E-state index in [0.717, 1.165) is 12.8 Å². The highest BCUT2D eigenvalue weighted by molar-refractivity contribution is 5.76. The largest absolute Gasteiger partial charge is 0.444 e. The maximum Gasteiger partial charge on any atom is 0.410 e. The summed E-state index contributed by atoms with van der Waals surface area (Å²) in [7, 11) is 0. The van der Waals surface area contributed by atoms with Gasteiger partial charge in [-0.05, 0) is 33.6 Å². The number of ether oxygens (including phenoxy) is 1. The Bertz CT molecular complexity index is 310. The van der Waals surface area contributed by atoms with Gasteiger partial charge in [-0.15, -0.1) is 0 Å². The normalized spacial score (nSPS) is 20.4. The van der Waals surface area contributed by atoms with Crippen molar-refractivity contribution >= 4 is 12.0 Å². The van der Waals surface area contributed by atoms with Crippen molar-refractivity contribution in [3.63, 3.8) is 0 Å². The van der Waals surface area contributed by atoms with E-state index >= 15 is 0 Å². The number of carbonyl (C=O) groups is 2. The van der Waals surface area contributed by atoms with Crippen LogP contribution in [0, 0.1) is 0 Å². The van der Waals surface area contributed by atoms with Crippen molar-refractivity contribution in [1.82, 2.24) is 10.2 Å². The minimum atomic E-state index is -0.476. The summed E-state index contributed by atoms with van der Waals surface area (Å²) in [4.78, 5) is 24.9.